The molecule has 0 bridgehead atoms. The number of nitrogens with zero attached hydrogens (tertiary/aromatic N) is 1. The Labute approximate surface area is 74.5 Å². The van der Waals surface area contributed by atoms with Crippen LogP contribution in [0.2, 0.25) is 0 Å². The molecule has 0 aromatic heterocycles. The smallest absolute Gasteiger partial charge is 0.263 e. The molecule has 0 heterocycles. The molecule has 0 atom stereocenters. The van der Waals surface area contributed by atoms with Gasteiger partial charge in [0.05, 0.1) is 0 Å². The molecule has 5 heteroatoms. The summed E-state index contributed by atoms with van der Waals surface area (Å²) in [6.07, 6.45) is 0. The van der Waals surface area contributed by atoms with Gasteiger partial charge < -0.3 is 0 Å². The molecular formula is C8H8N2O3. The highest BCUT2D eigenvalue weighted by molar-refractivity contribution is 5.93. The molecule has 0 spiro atoms. The Morgan fingerprint density at radius 3 is 2.38 bits per heavy atom. The van der Waals surface area contributed by atoms with E-state index in [9.17, 15) is 14.9 Å². The normalized spacial score (nSPS) is 9.31. The molecule has 0 radical (unpaired) electrons. The number of hydrogen-bond donors (Lipinski definition) is 1. The number of rotatable bonds is 2. The van der Waals surface area contributed by atoms with E-state index in [1.165, 1.54) is 12.1 Å². The molecule has 0 saturated carbocycles. The molecule has 68 valence electrons. The molecule has 0 aliphatic rings. The summed E-state index contributed by atoms with van der Waals surface area (Å²) in [5, 5.41) is 9.05. The van der Waals surface area contributed by atoms with Crippen LogP contribution in [0.4, 0.5) is 0 Å². The van der Waals surface area contributed by atoms with Gasteiger partial charge >= 0.3 is 5.91 Å². The SMILES string of the molecule is Cc1ccc(C(=O)N[N+](=O)[O-])cc1. The highest BCUT2D eigenvalue weighted by atomic mass is 16.7. The van der Waals surface area contributed by atoms with Crippen LogP contribution in [0, 0.1) is 17.0 Å². The highest BCUT2D eigenvalue weighted by Gasteiger charge is 2.09. The fourth-order valence-electron chi connectivity index (χ4n) is 0.852. The molecule has 1 amide bonds. The number of hydrogen-bond acceptors (Lipinski definition) is 3. The quantitative estimate of drug-likeness (QED) is 0.543. The van der Waals surface area contributed by atoms with Crippen molar-refractivity contribution in [1.82, 2.24) is 5.43 Å². The Bertz CT molecular complexity index is 332. The van der Waals surface area contributed by atoms with Gasteiger partial charge in [0.1, 0.15) is 0 Å². The highest BCUT2D eigenvalue weighted by Crippen LogP contribution is 2.02. The van der Waals surface area contributed by atoms with Crippen LogP contribution in [0.25, 0.3) is 0 Å². The first-order valence-corrected chi connectivity index (χ1v) is 3.61. The summed E-state index contributed by atoms with van der Waals surface area (Å²) in [4.78, 5) is 20.9. The fraction of sp³-hybridized carbons (Fsp3) is 0.125. The van der Waals surface area contributed by atoms with E-state index in [1.54, 1.807) is 17.6 Å². The molecule has 13 heavy (non-hydrogen) atoms. The average Bonchev–Trinajstić information content (AvgIpc) is 2.04. The van der Waals surface area contributed by atoms with Crippen molar-refractivity contribution < 1.29 is 9.83 Å². The van der Waals surface area contributed by atoms with Crippen LogP contribution in [0.5, 0.6) is 0 Å². The standard InChI is InChI=1S/C8H8N2O3/c1-6-2-4-7(5-3-6)8(11)9-10(12)13/h2-5H,1H3,(H,9,11). The zero-order chi connectivity index (χ0) is 9.84. The van der Waals surface area contributed by atoms with E-state index in [0.29, 0.717) is 0 Å². The van der Waals surface area contributed by atoms with Crippen molar-refractivity contribution in [2.24, 2.45) is 0 Å². The van der Waals surface area contributed by atoms with E-state index < -0.39 is 10.9 Å². The number of carbonyl (C=O) groups excluding carboxylic acids is 1. The summed E-state index contributed by atoms with van der Waals surface area (Å²) in [7, 11) is 0. The average molecular weight is 180 g/mol. The predicted molar refractivity (Wildman–Crippen MR) is 45.6 cm³/mol. The minimum atomic E-state index is -0.873. The molecule has 1 N–H and O–H groups in total. The Morgan fingerprint density at radius 2 is 1.92 bits per heavy atom. The molecule has 0 fully saturated rings. The molecular weight excluding hydrogens is 172 g/mol. The van der Waals surface area contributed by atoms with Gasteiger partial charge in [0.2, 0.25) is 0 Å². The summed E-state index contributed by atoms with van der Waals surface area (Å²) in [6, 6.07) is 6.51. The van der Waals surface area contributed by atoms with E-state index in [1.807, 2.05) is 6.92 Å². The van der Waals surface area contributed by atoms with Gasteiger partial charge in [-0.05, 0) is 19.1 Å². The predicted octanol–water partition coefficient (Wildman–Crippen LogP) is 0.917. The van der Waals surface area contributed by atoms with Crippen molar-refractivity contribution in [1.29, 1.82) is 0 Å². The van der Waals surface area contributed by atoms with Crippen LogP contribution >= 0.6 is 0 Å². The van der Waals surface area contributed by atoms with E-state index in [4.69, 9.17) is 0 Å². The lowest BCUT2D eigenvalue weighted by molar-refractivity contribution is -0.527. The molecule has 0 saturated heterocycles. The maximum Gasteiger partial charge on any atom is 0.310 e. The minimum absolute atomic E-state index is 0.280. The Kier molecular flexibility index (Phi) is 2.59. The summed E-state index contributed by atoms with van der Waals surface area (Å²) < 4.78 is 0. The van der Waals surface area contributed by atoms with Gasteiger partial charge in [-0.3, -0.25) is 4.79 Å². The summed E-state index contributed by atoms with van der Waals surface area (Å²) in [5.41, 5.74) is 2.84. The first-order valence-electron chi connectivity index (χ1n) is 3.61. The minimum Gasteiger partial charge on any atom is -0.263 e. The van der Waals surface area contributed by atoms with Gasteiger partial charge in [0, 0.05) is 5.56 Å². The van der Waals surface area contributed by atoms with Crippen LogP contribution in [-0.4, -0.2) is 10.9 Å². The number of nitrogens with one attached hydrogen (secondary N) is 1. The second kappa shape index (κ2) is 3.66. The molecule has 0 aliphatic heterocycles. The van der Waals surface area contributed by atoms with Gasteiger partial charge in [0.25, 0.3) is 0 Å². The van der Waals surface area contributed by atoms with Crippen LogP contribution in [0.15, 0.2) is 24.3 Å². The Balaban J connectivity index is 2.78. The zero-order valence-electron chi connectivity index (χ0n) is 6.98. The third-order valence-corrected chi connectivity index (χ3v) is 1.51. The maximum absolute atomic E-state index is 11.0. The topological polar surface area (TPSA) is 72.2 Å². The molecule has 1 aromatic carbocycles. The molecule has 5 nitrogen and oxygen atoms in total. The van der Waals surface area contributed by atoms with Gasteiger partial charge in [0.15, 0.2) is 5.03 Å². The molecule has 0 aliphatic carbocycles. The van der Waals surface area contributed by atoms with Crippen molar-refractivity contribution in [2.75, 3.05) is 0 Å². The number of aryl methyl sites for hydroxylation is 1. The van der Waals surface area contributed by atoms with Crippen LogP contribution in [0.3, 0.4) is 0 Å². The summed E-state index contributed by atoms with van der Waals surface area (Å²) in [5.74, 6) is -0.704. The lowest BCUT2D eigenvalue weighted by Gasteiger charge is -1.97. The Hall–Kier alpha value is -1.91. The third kappa shape index (κ3) is 2.55. The summed E-state index contributed by atoms with van der Waals surface area (Å²) >= 11 is 0. The van der Waals surface area contributed by atoms with Gasteiger partial charge in [-0.2, -0.15) is 0 Å². The monoisotopic (exact) mass is 180 g/mol. The number of amides is 1. The molecule has 1 rings (SSSR count). The molecule has 0 unspecified atom stereocenters. The van der Waals surface area contributed by atoms with Crippen molar-refractivity contribution >= 4 is 5.91 Å². The van der Waals surface area contributed by atoms with Gasteiger partial charge in [-0.15, -0.1) is 0 Å². The van der Waals surface area contributed by atoms with Crippen molar-refractivity contribution in [3.8, 4) is 0 Å². The largest absolute Gasteiger partial charge is 0.310 e. The first kappa shape index (κ1) is 9.18. The third-order valence-electron chi connectivity index (χ3n) is 1.51. The number of carbonyl (C=O) groups is 1. The van der Waals surface area contributed by atoms with E-state index in [-0.39, 0.29) is 5.56 Å². The van der Waals surface area contributed by atoms with Gasteiger partial charge in [-0.25, -0.2) is 10.1 Å². The van der Waals surface area contributed by atoms with E-state index in [2.05, 4.69) is 0 Å². The first-order chi connectivity index (χ1) is 6.09. The maximum atomic E-state index is 11.0. The lowest BCUT2D eigenvalue weighted by Crippen LogP contribution is -2.29. The summed E-state index contributed by atoms with van der Waals surface area (Å²) in [6.45, 7) is 1.87. The van der Waals surface area contributed by atoms with Crippen molar-refractivity contribution in [2.45, 2.75) is 6.92 Å². The second-order valence-electron chi connectivity index (χ2n) is 2.56. The van der Waals surface area contributed by atoms with Crippen LogP contribution in [0.1, 0.15) is 15.9 Å². The van der Waals surface area contributed by atoms with Gasteiger partial charge in [-0.1, -0.05) is 23.1 Å². The van der Waals surface area contributed by atoms with Crippen LogP contribution in [-0.2, 0) is 0 Å². The number of nitro groups is 1. The number of hydrazine groups is 1. The van der Waals surface area contributed by atoms with Crippen molar-refractivity contribution in [3.05, 3.63) is 45.5 Å². The van der Waals surface area contributed by atoms with E-state index in [0.717, 1.165) is 5.56 Å². The van der Waals surface area contributed by atoms with Crippen LogP contribution < -0.4 is 5.43 Å². The lowest BCUT2D eigenvalue weighted by atomic mass is 10.1. The molecule has 1 aromatic rings. The fourth-order valence-corrected chi connectivity index (χ4v) is 0.852. The second-order valence-corrected chi connectivity index (χ2v) is 2.56. The van der Waals surface area contributed by atoms with Crippen molar-refractivity contribution in [3.63, 3.8) is 0 Å². The number of benzene rings is 1. The van der Waals surface area contributed by atoms with E-state index >= 15 is 0 Å². The zero-order valence-corrected chi connectivity index (χ0v) is 6.98. The Morgan fingerprint density at radius 1 is 1.38 bits per heavy atom.